The van der Waals surface area contributed by atoms with E-state index < -0.39 is 22.8 Å². The van der Waals surface area contributed by atoms with E-state index in [1.54, 1.807) is 0 Å². The van der Waals surface area contributed by atoms with E-state index in [1.165, 1.54) is 12.1 Å². The number of hydrogen-bond donors (Lipinski definition) is 2. The highest BCUT2D eigenvalue weighted by Crippen LogP contribution is 2.37. The molecule has 7 heteroatoms. The molecular formula is C10H12Cl2F3NO. The molecule has 0 heterocycles. The molecule has 0 aliphatic rings. The molecule has 17 heavy (non-hydrogen) atoms. The van der Waals surface area contributed by atoms with Crippen LogP contribution in [0.5, 0.6) is 0 Å². The van der Waals surface area contributed by atoms with Crippen LogP contribution < -0.4 is 5.73 Å². The average molecular weight is 290 g/mol. The van der Waals surface area contributed by atoms with Crippen molar-refractivity contribution in [2.45, 2.75) is 18.6 Å². The molecule has 0 radical (unpaired) electrons. The van der Waals surface area contributed by atoms with Gasteiger partial charge in [-0.1, -0.05) is 23.7 Å². The van der Waals surface area contributed by atoms with Crippen LogP contribution in [-0.4, -0.2) is 11.7 Å². The molecular weight excluding hydrogens is 278 g/mol. The number of nitrogens with two attached hydrogens (primary N) is 1. The van der Waals surface area contributed by atoms with Gasteiger partial charge in [0, 0.05) is 12.6 Å². The molecule has 2 nitrogen and oxygen atoms in total. The van der Waals surface area contributed by atoms with Crippen molar-refractivity contribution in [2.24, 2.45) is 5.73 Å². The first-order valence-electron chi connectivity index (χ1n) is 4.60. The van der Waals surface area contributed by atoms with Crippen LogP contribution in [-0.2, 0) is 6.18 Å². The Kier molecular flexibility index (Phi) is 6.26. The van der Waals surface area contributed by atoms with Gasteiger partial charge in [-0.05, 0) is 18.1 Å². The van der Waals surface area contributed by atoms with Crippen LogP contribution in [0.2, 0.25) is 5.02 Å². The van der Waals surface area contributed by atoms with Gasteiger partial charge in [0.25, 0.3) is 0 Å². The molecule has 98 valence electrons. The quantitative estimate of drug-likeness (QED) is 0.898. The molecule has 1 rings (SSSR count). The van der Waals surface area contributed by atoms with Crippen molar-refractivity contribution in [3.63, 3.8) is 0 Å². The maximum absolute atomic E-state index is 12.5. The molecule has 0 spiro atoms. The lowest BCUT2D eigenvalue weighted by molar-refractivity contribution is -0.137. The molecule has 1 aromatic rings. The third kappa shape index (κ3) is 4.03. The Morgan fingerprint density at radius 3 is 2.41 bits per heavy atom. The van der Waals surface area contributed by atoms with Crippen LogP contribution in [0.15, 0.2) is 18.2 Å². The Hall–Kier alpha value is -0.490. The van der Waals surface area contributed by atoms with Crippen molar-refractivity contribution in [3.8, 4) is 0 Å². The molecule has 1 unspecified atom stereocenters. The van der Waals surface area contributed by atoms with E-state index in [1.807, 2.05) is 0 Å². The normalized spacial score (nSPS) is 13.1. The van der Waals surface area contributed by atoms with Crippen LogP contribution >= 0.6 is 24.0 Å². The van der Waals surface area contributed by atoms with E-state index in [-0.39, 0.29) is 31.0 Å². The fourth-order valence-corrected chi connectivity index (χ4v) is 1.72. The van der Waals surface area contributed by atoms with Crippen LogP contribution in [0.4, 0.5) is 13.2 Å². The Balaban J connectivity index is 0.00000256. The van der Waals surface area contributed by atoms with E-state index in [4.69, 9.17) is 22.4 Å². The number of benzene rings is 1. The van der Waals surface area contributed by atoms with E-state index in [9.17, 15) is 13.2 Å². The summed E-state index contributed by atoms with van der Waals surface area (Å²) in [6.07, 6.45) is -4.33. The zero-order valence-electron chi connectivity index (χ0n) is 8.67. The minimum absolute atomic E-state index is 0. The van der Waals surface area contributed by atoms with Gasteiger partial charge >= 0.3 is 6.18 Å². The molecule has 0 aliphatic carbocycles. The molecule has 0 aromatic heterocycles. The second-order valence-electron chi connectivity index (χ2n) is 3.33. The molecule has 0 saturated heterocycles. The summed E-state index contributed by atoms with van der Waals surface area (Å²) in [7, 11) is 0. The first kappa shape index (κ1) is 16.5. The summed E-state index contributed by atoms with van der Waals surface area (Å²) in [5, 5.41) is 8.28. The molecule has 0 saturated carbocycles. The van der Waals surface area contributed by atoms with Gasteiger partial charge in [-0.3, -0.25) is 0 Å². The number of hydrogen-bond acceptors (Lipinski definition) is 2. The fraction of sp³-hybridized carbons (Fsp3) is 0.400. The molecule has 0 amide bonds. The van der Waals surface area contributed by atoms with Crippen molar-refractivity contribution < 1.29 is 18.3 Å². The maximum atomic E-state index is 12.5. The highest BCUT2D eigenvalue weighted by molar-refractivity contribution is 6.32. The monoisotopic (exact) mass is 289 g/mol. The summed E-state index contributed by atoms with van der Waals surface area (Å²) in [6, 6.07) is 2.89. The van der Waals surface area contributed by atoms with Gasteiger partial charge < -0.3 is 10.8 Å². The molecule has 0 fully saturated rings. The lowest BCUT2D eigenvalue weighted by atomic mass is 10.0. The first-order valence-corrected chi connectivity index (χ1v) is 4.97. The molecule has 1 atom stereocenters. The zero-order chi connectivity index (χ0) is 12.3. The van der Waals surface area contributed by atoms with Gasteiger partial charge in [-0.25, -0.2) is 0 Å². The molecule has 0 aliphatic heterocycles. The molecule has 0 bridgehead atoms. The topological polar surface area (TPSA) is 46.2 Å². The highest BCUT2D eigenvalue weighted by atomic mass is 35.5. The fourth-order valence-electron chi connectivity index (χ4n) is 1.35. The largest absolute Gasteiger partial charge is 0.417 e. The van der Waals surface area contributed by atoms with Crippen LogP contribution in [0, 0.1) is 0 Å². The van der Waals surface area contributed by atoms with Crippen molar-refractivity contribution in [2.75, 3.05) is 6.61 Å². The molecule has 1 aromatic carbocycles. The minimum Gasteiger partial charge on any atom is -0.396 e. The number of aliphatic hydroxyl groups excluding tert-OH is 1. The van der Waals surface area contributed by atoms with Crippen LogP contribution in [0.1, 0.15) is 23.6 Å². The molecule has 3 N–H and O–H groups in total. The third-order valence-electron chi connectivity index (χ3n) is 2.17. The van der Waals surface area contributed by atoms with E-state index in [2.05, 4.69) is 0 Å². The standard InChI is InChI=1S/C10H11ClF3NO.ClH/c11-9-6(8(15)4-5-16)2-1-3-7(9)10(12,13)14;/h1-3,8,16H,4-5,15H2;1H. The second-order valence-corrected chi connectivity index (χ2v) is 3.70. The van der Waals surface area contributed by atoms with Crippen molar-refractivity contribution in [1.29, 1.82) is 0 Å². The summed E-state index contributed by atoms with van der Waals surface area (Å²) < 4.78 is 37.5. The van der Waals surface area contributed by atoms with Crippen molar-refractivity contribution in [1.82, 2.24) is 0 Å². The van der Waals surface area contributed by atoms with E-state index in [0.29, 0.717) is 0 Å². The van der Waals surface area contributed by atoms with Gasteiger partial charge in [0.15, 0.2) is 0 Å². The number of aliphatic hydroxyl groups is 1. The Labute approximate surface area is 108 Å². The smallest absolute Gasteiger partial charge is 0.396 e. The third-order valence-corrected chi connectivity index (χ3v) is 2.60. The number of halogens is 5. The van der Waals surface area contributed by atoms with Gasteiger partial charge in [-0.15, -0.1) is 12.4 Å². The number of rotatable bonds is 3. The summed E-state index contributed by atoms with van der Waals surface area (Å²) in [4.78, 5) is 0. The summed E-state index contributed by atoms with van der Waals surface area (Å²) in [5.41, 5.74) is 4.90. The highest BCUT2D eigenvalue weighted by Gasteiger charge is 2.34. The Morgan fingerprint density at radius 2 is 1.94 bits per heavy atom. The zero-order valence-corrected chi connectivity index (χ0v) is 10.2. The van der Waals surface area contributed by atoms with Gasteiger partial charge in [0.1, 0.15) is 0 Å². The summed E-state index contributed by atoms with van der Waals surface area (Å²) in [6.45, 7) is -0.201. The van der Waals surface area contributed by atoms with Crippen molar-refractivity contribution in [3.05, 3.63) is 34.3 Å². The van der Waals surface area contributed by atoms with Gasteiger partial charge in [-0.2, -0.15) is 13.2 Å². The summed E-state index contributed by atoms with van der Waals surface area (Å²) in [5.74, 6) is 0. The van der Waals surface area contributed by atoms with Crippen LogP contribution in [0.3, 0.4) is 0 Å². The van der Waals surface area contributed by atoms with Crippen LogP contribution in [0.25, 0.3) is 0 Å². The average Bonchev–Trinajstić information content (AvgIpc) is 2.16. The maximum Gasteiger partial charge on any atom is 0.417 e. The van der Waals surface area contributed by atoms with E-state index >= 15 is 0 Å². The lowest BCUT2D eigenvalue weighted by Crippen LogP contribution is -2.15. The summed E-state index contributed by atoms with van der Waals surface area (Å²) >= 11 is 5.64. The lowest BCUT2D eigenvalue weighted by Gasteiger charge is -2.16. The minimum atomic E-state index is -4.49. The second kappa shape index (κ2) is 6.44. The predicted octanol–water partition coefficient (Wildman–Crippen LogP) is 3.16. The van der Waals surface area contributed by atoms with Crippen molar-refractivity contribution >= 4 is 24.0 Å². The van der Waals surface area contributed by atoms with E-state index in [0.717, 1.165) is 6.07 Å². The van der Waals surface area contributed by atoms with Gasteiger partial charge in [0.2, 0.25) is 0 Å². The van der Waals surface area contributed by atoms with Gasteiger partial charge in [0.05, 0.1) is 10.6 Å². The first-order chi connectivity index (χ1) is 7.38. The Morgan fingerprint density at radius 1 is 1.35 bits per heavy atom. The Bertz CT molecular complexity index is 371. The predicted molar refractivity (Wildman–Crippen MR) is 62.3 cm³/mol. The number of alkyl halides is 3. The SMILES string of the molecule is Cl.NC(CCO)c1cccc(C(F)(F)F)c1Cl.